The standard InChI is InChI=1S/C12H15N5O2/c1-8(2)11-10(12(18)19-3)15-16-17(11)7-9-13-5-4-6-14-9/h4-6,8H,7H2,1-3H3. The fraction of sp³-hybridized carbons (Fsp3) is 0.417. The number of hydrogen-bond acceptors (Lipinski definition) is 6. The van der Waals surface area contributed by atoms with Gasteiger partial charge in [0.05, 0.1) is 12.8 Å². The minimum absolute atomic E-state index is 0.0906. The van der Waals surface area contributed by atoms with Crippen molar-refractivity contribution >= 4 is 5.97 Å². The molecule has 0 aliphatic heterocycles. The molecule has 0 aliphatic carbocycles. The molecule has 0 spiro atoms. The minimum Gasteiger partial charge on any atom is -0.464 e. The first kappa shape index (κ1) is 13.1. The zero-order chi connectivity index (χ0) is 13.8. The van der Waals surface area contributed by atoms with Gasteiger partial charge in [0.1, 0.15) is 12.4 Å². The van der Waals surface area contributed by atoms with Crippen LogP contribution < -0.4 is 0 Å². The van der Waals surface area contributed by atoms with Gasteiger partial charge in [-0.3, -0.25) is 0 Å². The second kappa shape index (κ2) is 5.55. The predicted molar refractivity (Wildman–Crippen MR) is 66.6 cm³/mol. The Bertz CT molecular complexity index is 565. The molecule has 0 saturated carbocycles. The van der Waals surface area contributed by atoms with Crippen LogP contribution in [0.4, 0.5) is 0 Å². The molecule has 0 amide bonds. The molecule has 19 heavy (non-hydrogen) atoms. The van der Waals surface area contributed by atoms with Gasteiger partial charge in [0.25, 0.3) is 0 Å². The van der Waals surface area contributed by atoms with Gasteiger partial charge in [-0.25, -0.2) is 19.4 Å². The van der Waals surface area contributed by atoms with Gasteiger partial charge in [-0.05, 0) is 12.0 Å². The monoisotopic (exact) mass is 261 g/mol. The van der Waals surface area contributed by atoms with E-state index in [0.717, 1.165) is 5.69 Å². The lowest BCUT2D eigenvalue weighted by Gasteiger charge is -2.09. The molecule has 2 aromatic rings. The normalized spacial score (nSPS) is 10.7. The molecule has 0 bridgehead atoms. The van der Waals surface area contributed by atoms with Crippen molar-refractivity contribution in [2.45, 2.75) is 26.3 Å². The number of rotatable bonds is 4. The van der Waals surface area contributed by atoms with Crippen molar-refractivity contribution in [1.82, 2.24) is 25.0 Å². The predicted octanol–water partition coefficient (Wildman–Crippen LogP) is 1.03. The zero-order valence-corrected chi connectivity index (χ0v) is 11.1. The van der Waals surface area contributed by atoms with Gasteiger partial charge in [-0.2, -0.15) is 0 Å². The van der Waals surface area contributed by atoms with Gasteiger partial charge < -0.3 is 4.74 Å². The minimum atomic E-state index is -0.482. The van der Waals surface area contributed by atoms with E-state index in [-0.39, 0.29) is 11.6 Å². The lowest BCUT2D eigenvalue weighted by atomic mass is 10.1. The SMILES string of the molecule is COC(=O)c1nnn(Cc2ncccn2)c1C(C)C. The van der Waals surface area contributed by atoms with Gasteiger partial charge >= 0.3 is 5.97 Å². The summed E-state index contributed by atoms with van der Waals surface area (Å²) in [6.45, 7) is 4.30. The Morgan fingerprint density at radius 3 is 2.63 bits per heavy atom. The van der Waals surface area contributed by atoms with Crippen molar-refractivity contribution < 1.29 is 9.53 Å². The van der Waals surface area contributed by atoms with Crippen molar-refractivity contribution in [1.29, 1.82) is 0 Å². The maximum Gasteiger partial charge on any atom is 0.360 e. The van der Waals surface area contributed by atoms with E-state index >= 15 is 0 Å². The number of ether oxygens (including phenoxy) is 1. The molecule has 2 heterocycles. The number of carbonyl (C=O) groups is 1. The Balaban J connectivity index is 2.36. The molecule has 7 heteroatoms. The molecule has 0 aliphatic rings. The summed E-state index contributed by atoms with van der Waals surface area (Å²) in [6.07, 6.45) is 3.32. The lowest BCUT2D eigenvalue weighted by Crippen LogP contribution is -2.13. The highest BCUT2D eigenvalue weighted by Crippen LogP contribution is 2.18. The Labute approximate surface area is 110 Å². The van der Waals surface area contributed by atoms with E-state index in [0.29, 0.717) is 12.4 Å². The van der Waals surface area contributed by atoms with Crippen LogP contribution in [0, 0.1) is 0 Å². The molecular weight excluding hydrogens is 246 g/mol. The van der Waals surface area contributed by atoms with Crippen molar-refractivity contribution in [3.63, 3.8) is 0 Å². The third-order valence-corrected chi connectivity index (χ3v) is 2.61. The Kier molecular flexibility index (Phi) is 3.84. The fourth-order valence-electron chi connectivity index (χ4n) is 1.80. The number of carbonyl (C=O) groups excluding carboxylic acids is 1. The molecule has 2 aromatic heterocycles. The van der Waals surface area contributed by atoms with E-state index in [1.54, 1.807) is 23.1 Å². The summed E-state index contributed by atoms with van der Waals surface area (Å²) in [4.78, 5) is 19.9. The first-order valence-corrected chi connectivity index (χ1v) is 5.91. The van der Waals surface area contributed by atoms with E-state index in [1.165, 1.54) is 7.11 Å². The molecule has 2 rings (SSSR count). The summed E-state index contributed by atoms with van der Waals surface area (Å²) < 4.78 is 6.34. The molecule has 0 N–H and O–H groups in total. The Hall–Kier alpha value is -2.31. The molecule has 0 unspecified atom stereocenters. The maximum atomic E-state index is 11.6. The van der Waals surface area contributed by atoms with Crippen molar-refractivity contribution in [2.75, 3.05) is 7.11 Å². The highest BCUT2D eigenvalue weighted by Gasteiger charge is 2.22. The molecule has 100 valence electrons. The van der Waals surface area contributed by atoms with E-state index in [4.69, 9.17) is 4.74 Å². The van der Waals surface area contributed by atoms with Gasteiger partial charge in [0.15, 0.2) is 5.69 Å². The summed E-state index contributed by atoms with van der Waals surface area (Å²) >= 11 is 0. The van der Waals surface area contributed by atoms with E-state index in [9.17, 15) is 4.79 Å². The number of esters is 1. The molecular formula is C12H15N5O2. The smallest absolute Gasteiger partial charge is 0.360 e. The molecule has 7 nitrogen and oxygen atoms in total. The van der Waals surface area contributed by atoms with Crippen LogP contribution in [-0.2, 0) is 11.3 Å². The van der Waals surface area contributed by atoms with Crippen LogP contribution in [0.15, 0.2) is 18.5 Å². The Morgan fingerprint density at radius 1 is 1.37 bits per heavy atom. The first-order chi connectivity index (χ1) is 9.13. The number of nitrogens with zero attached hydrogens (tertiary/aromatic N) is 5. The van der Waals surface area contributed by atoms with Crippen LogP contribution in [0.5, 0.6) is 0 Å². The van der Waals surface area contributed by atoms with Crippen LogP contribution >= 0.6 is 0 Å². The summed E-state index contributed by atoms with van der Waals surface area (Å²) in [5, 5.41) is 7.87. The summed E-state index contributed by atoms with van der Waals surface area (Å²) in [5.74, 6) is 0.224. The molecule has 0 saturated heterocycles. The summed E-state index contributed by atoms with van der Waals surface area (Å²) in [7, 11) is 1.33. The van der Waals surface area contributed by atoms with E-state index in [1.807, 2.05) is 13.8 Å². The molecule has 0 fully saturated rings. The zero-order valence-electron chi connectivity index (χ0n) is 11.1. The third-order valence-electron chi connectivity index (χ3n) is 2.61. The first-order valence-electron chi connectivity index (χ1n) is 5.91. The lowest BCUT2D eigenvalue weighted by molar-refractivity contribution is 0.0592. The third kappa shape index (κ3) is 2.75. The summed E-state index contributed by atoms with van der Waals surface area (Å²) in [5.41, 5.74) is 0.965. The van der Waals surface area contributed by atoms with Gasteiger partial charge in [-0.15, -0.1) is 5.10 Å². The second-order valence-electron chi connectivity index (χ2n) is 4.29. The molecule has 0 aromatic carbocycles. The van der Waals surface area contributed by atoms with Gasteiger partial charge in [0, 0.05) is 12.4 Å². The van der Waals surface area contributed by atoms with Crippen molar-refractivity contribution in [3.05, 3.63) is 35.7 Å². The fourth-order valence-corrected chi connectivity index (χ4v) is 1.80. The van der Waals surface area contributed by atoms with Crippen LogP contribution in [-0.4, -0.2) is 38.0 Å². The average Bonchev–Trinajstić information content (AvgIpc) is 2.83. The van der Waals surface area contributed by atoms with Crippen molar-refractivity contribution in [3.8, 4) is 0 Å². The number of methoxy groups -OCH3 is 1. The Morgan fingerprint density at radius 2 is 2.05 bits per heavy atom. The maximum absolute atomic E-state index is 11.6. The van der Waals surface area contributed by atoms with Gasteiger partial charge in [-0.1, -0.05) is 19.1 Å². The highest BCUT2D eigenvalue weighted by molar-refractivity contribution is 5.88. The molecule has 0 radical (unpaired) electrons. The quantitative estimate of drug-likeness (QED) is 0.764. The average molecular weight is 261 g/mol. The van der Waals surface area contributed by atoms with E-state index in [2.05, 4.69) is 20.3 Å². The van der Waals surface area contributed by atoms with Gasteiger partial charge in [0.2, 0.25) is 0 Å². The van der Waals surface area contributed by atoms with Crippen LogP contribution in [0.1, 0.15) is 41.8 Å². The van der Waals surface area contributed by atoms with Crippen LogP contribution in [0.25, 0.3) is 0 Å². The topological polar surface area (TPSA) is 82.8 Å². The highest BCUT2D eigenvalue weighted by atomic mass is 16.5. The van der Waals surface area contributed by atoms with Crippen LogP contribution in [0.3, 0.4) is 0 Å². The van der Waals surface area contributed by atoms with E-state index < -0.39 is 5.97 Å². The largest absolute Gasteiger partial charge is 0.464 e. The number of aromatic nitrogens is 5. The summed E-state index contributed by atoms with van der Waals surface area (Å²) in [6, 6.07) is 1.74. The van der Waals surface area contributed by atoms with Crippen LogP contribution in [0.2, 0.25) is 0 Å². The number of hydrogen-bond donors (Lipinski definition) is 0. The second-order valence-corrected chi connectivity index (χ2v) is 4.29. The van der Waals surface area contributed by atoms with Crippen molar-refractivity contribution in [2.24, 2.45) is 0 Å². The molecule has 0 atom stereocenters.